The summed E-state index contributed by atoms with van der Waals surface area (Å²) in [6.45, 7) is 5.42. The van der Waals surface area contributed by atoms with Gasteiger partial charge in [-0.25, -0.2) is 9.78 Å². The lowest BCUT2D eigenvalue weighted by Gasteiger charge is -2.19. The van der Waals surface area contributed by atoms with Gasteiger partial charge in [-0.05, 0) is 39.0 Å². The van der Waals surface area contributed by atoms with Crippen molar-refractivity contribution in [3.8, 4) is 0 Å². The fraction of sp³-hybridized carbons (Fsp3) is 0.316. The molecule has 0 aliphatic rings. The van der Waals surface area contributed by atoms with Gasteiger partial charge < -0.3 is 20.7 Å². The normalized spacial score (nSPS) is 10.7. The van der Waals surface area contributed by atoms with Gasteiger partial charge in [0, 0.05) is 36.7 Å². The third-order valence-electron chi connectivity index (χ3n) is 3.22. The van der Waals surface area contributed by atoms with Crippen LogP contribution in [0.4, 0.5) is 16.2 Å². The van der Waals surface area contributed by atoms with Gasteiger partial charge in [-0.15, -0.1) is 0 Å². The van der Waals surface area contributed by atoms with E-state index in [1.165, 1.54) is 18.6 Å². The Morgan fingerprint density at radius 3 is 2.43 bits per heavy atom. The van der Waals surface area contributed by atoms with Crippen molar-refractivity contribution in [2.45, 2.75) is 32.8 Å². The van der Waals surface area contributed by atoms with Crippen LogP contribution in [-0.2, 0) is 9.53 Å². The number of alkyl carbamates (subject to hydrolysis) is 1. The third-order valence-corrected chi connectivity index (χ3v) is 3.22. The predicted octanol–water partition coefficient (Wildman–Crippen LogP) is 2.58. The highest BCUT2D eigenvalue weighted by molar-refractivity contribution is 6.03. The second kappa shape index (κ2) is 9.45. The zero-order valence-corrected chi connectivity index (χ0v) is 16.0. The number of hydrogen-bond acceptors (Lipinski definition) is 6. The summed E-state index contributed by atoms with van der Waals surface area (Å²) in [5.74, 6) is -0.688. The van der Waals surface area contributed by atoms with E-state index >= 15 is 0 Å². The van der Waals surface area contributed by atoms with Crippen LogP contribution in [0.2, 0.25) is 0 Å². The number of carbonyl (C=O) groups excluding carboxylic acids is 3. The molecule has 0 unspecified atom stereocenters. The lowest BCUT2D eigenvalue weighted by molar-refractivity contribution is -0.116. The summed E-state index contributed by atoms with van der Waals surface area (Å²) >= 11 is 0. The van der Waals surface area contributed by atoms with Gasteiger partial charge in [0.05, 0.1) is 6.20 Å². The van der Waals surface area contributed by atoms with Crippen molar-refractivity contribution >= 4 is 29.3 Å². The summed E-state index contributed by atoms with van der Waals surface area (Å²) in [6.07, 6.45) is 3.77. The molecule has 0 bridgehead atoms. The number of amides is 3. The van der Waals surface area contributed by atoms with Crippen molar-refractivity contribution in [1.29, 1.82) is 0 Å². The van der Waals surface area contributed by atoms with Gasteiger partial charge in [0.15, 0.2) is 0 Å². The fourth-order valence-corrected chi connectivity index (χ4v) is 2.10. The van der Waals surface area contributed by atoms with Gasteiger partial charge >= 0.3 is 6.09 Å². The molecule has 0 atom stereocenters. The van der Waals surface area contributed by atoms with Gasteiger partial charge in [0.25, 0.3) is 5.91 Å². The van der Waals surface area contributed by atoms with Gasteiger partial charge in [0.1, 0.15) is 11.3 Å². The maximum absolute atomic E-state index is 12.1. The first-order chi connectivity index (χ1) is 13.2. The molecule has 0 aliphatic carbocycles. The average molecular weight is 385 g/mol. The Balaban J connectivity index is 1.82. The number of carbonyl (C=O) groups is 3. The van der Waals surface area contributed by atoms with E-state index in [1.54, 1.807) is 45.0 Å². The predicted molar refractivity (Wildman–Crippen MR) is 104 cm³/mol. The van der Waals surface area contributed by atoms with Gasteiger partial charge in [-0.1, -0.05) is 6.07 Å². The Morgan fingerprint density at radius 2 is 1.79 bits per heavy atom. The molecule has 0 spiro atoms. The molecular formula is C19H23N5O4. The van der Waals surface area contributed by atoms with E-state index in [0.29, 0.717) is 11.4 Å². The highest BCUT2D eigenvalue weighted by atomic mass is 16.6. The average Bonchev–Trinajstić information content (AvgIpc) is 2.61. The molecule has 28 heavy (non-hydrogen) atoms. The molecule has 0 saturated heterocycles. The van der Waals surface area contributed by atoms with Crippen LogP contribution in [0, 0.1) is 0 Å². The molecule has 1 aromatic carbocycles. The van der Waals surface area contributed by atoms with Gasteiger partial charge in [-0.2, -0.15) is 0 Å². The van der Waals surface area contributed by atoms with Gasteiger partial charge in [0.2, 0.25) is 5.91 Å². The van der Waals surface area contributed by atoms with E-state index in [1.807, 2.05) is 0 Å². The Kier molecular flexibility index (Phi) is 7.02. The number of anilines is 2. The molecule has 3 amide bonds. The summed E-state index contributed by atoms with van der Waals surface area (Å²) in [5.41, 5.74) is 0.604. The largest absolute Gasteiger partial charge is 0.444 e. The molecule has 2 aromatic rings. The topological polar surface area (TPSA) is 122 Å². The quantitative estimate of drug-likeness (QED) is 0.702. The standard InChI is InChI=1S/C19H23N5O4/c1-19(2,3)28-18(27)22-8-7-16(25)23-13-5-4-6-14(11-13)24-17(26)15-12-20-9-10-21-15/h4-6,9-12H,7-8H2,1-3H3,(H,22,27)(H,23,25)(H,24,26). The van der Waals surface area contributed by atoms with Crippen molar-refractivity contribution in [3.05, 3.63) is 48.5 Å². The van der Waals surface area contributed by atoms with Crippen LogP contribution in [-0.4, -0.2) is 40.0 Å². The molecule has 0 fully saturated rings. The molecule has 148 valence electrons. The maximum Gasteiger partial charge on any atom is 0.407 e. The molecule has 2 rings (SSSR count). The van der Waals surface area contributed by atoms with Crippen molar-refractivity contribution in [1.82, 2.24) is 15.3 Å². The Bertz CT molecular complexity index is 834. The first kappa shape index (κ1) is 20.8. The Labute approximate surface area is 162 Å². The molecule has 3 N–H and O–H groups in total. The van der Waals surface area contributed by atoms with Crippen LogP contribution < -0.4 is 16.0 Å². The SMILES string of the molecule is CC(C)(C)OC(=O)NCCC(=O)Nc1cccc(NC(=O)c2cnccn2)c1. The van der Waals surface area contributed by atoms with Crippen LogP contribution in [0.15, 0.2) is 42.9 Å². The summed E-state index contributed by atoms with van der Waals surface area (Å²) in [6, 6.07) is 6.69. The minimum Gasteiger partial charge on any atom is -0.444 e. The van der Waals surface area contributed by atoms with E-state index < -0.39 is 17.6 Å². The second-order valence-corrected chi connectivity index (χ2v) is 6.85. The van der Waals surface area contributed by atoms with Crippen molar-refractivity contribution in [2.24, 2.45) is 0 Å². The maximum atomic E-state index is 12.1. The third kappa shape index (κ3) is 7.40. The molecular weight excluding hydrogens is 362 g/mol. The highest BCUT2D eigenvalue weighted by Gasteiger charge is 2.16. The minimum absolute atomic E-state index is 0.0788. The van der Waals surface area contributed by atoms with E-state index in [2.05, 4.69) is 25.9 Å². The van der Waals surface area contributed by atoms with Crippen molar-refractivity contribution < 1.29 is 19.1 Å². The minimum atomic E-state index is -0.595. The molecule has 0 aliphatic heterocycles. The number of ether oxygens (including phenoxy) is 1. The lowest BCUT2D eigenvalue weighted by Crippen LogP contribution is -2.34. The van der Waals surface area contributed by atoms with Crippen LogP contribution >= 0.6 is 0 Å². The Hall–Kier alpha value is -3.49. The van der Waals surface area contributed by atoms with Crippen molar-refractivity contribution in [2.75, 3.05) is 17.2 Å². The number of benzene rings is 1. The number of nitrogens with one attached hydrogen (secondary N) is 3. The molecule has 1 heterocycles. The van der Waals surface area contributed by atoms with E-state index in [9.17, 15) is 14.4 Å². The first-order valence-corrected chi connectivity index (χ1v) is 8.67. The number of rotatable bonds is 6. The summed E-state index contributed by atoms with van der Waals surface area (Å²) in [7, 11) is 0. The van der Waals surface area contributed by atoms with Crippen LogP contribution in [0.1, 0.15) is 37.7 Å². The lowest BCUT2D eigenvalue weighted by atomic mass is 10.2. The van der Waals surface area contributed by atoms with Gasteiger partial charge in [-0.3, -0.25) is 14.6 Å². The monoisotopic (exact) mass is 385 g/mol. The molecule has 0 radical (unpaired) electrons. The molecule has 1 aromatic heterocycles. The fourth-order valence-electron chi connectivity index (χ4n) is 2.10. The molecule has 9 heteroatoms. The highest BCUT2D eigenvalue weighted by Crippen LogP contribution is 2.16. The number of aromatic nitrogens is 2. The summed E-state index contributed by atoms with van der Waals surface area (Å²) in [5, 5.41) is 7.91. The van der Waals surface area contributed by atoms with Crippen molar-refractivity contribution in [3.63, 3.8) is 0 Å². The number of nitrogens with zero attached hydrogens (tertiary/aromatic N) is 2. The van der Waals surface area contributed by atoms with E-state index in [0.717, 1.165) is 0 Å². The zero-order valence-electron chi connectivity index (χ0n) is 16.0. The van der Waals surface area contributed by atoms with Crippen LogP contribution in [0.5, 0.6) is 0 Å². The van der Waals surface area contributed by atoms with E-state index in [4.69, 9.17) is 4.74 Å². The zero-order chi connectivity index (χ0) is 20.6. The summed E-state index contributed by atoms with van der Waals surface area (Å²) < 4.78 is 5.10. The van der Waals surface area contributed by atoms with E-state index in [-0.39, 0.29) is 24.6 Å². The van der Waals surface area contributed by atoms with Crippen LogP contribution in [0.25, 0.3) is 0 Å². The first-order valence-electron chi connectivity index (χ1n) is 8.67. The smallest absolute Gasteiger partial charge is 0.407 e. The molecule has 0 saturated carbocycles. The summed E-state index contributed by atoms with van der Waals surface area (Å²) in [4.78, 5) is 43.4. The Morgan fingerprint density at radius 1 is 1.07 bits per heavy atom. The second-order valence-electron chi connectivity index (χ2n) is 6.85. The van der Waals surface area contributed by atoms with Crippen LogP contribution in [0.3, 0.4) is 0 Å². The molecule has 9 nitrogen and oxygen atoms in total. The number of hydrogen-bond donors (Lipinski definition) is 3.